The van der Waals surface area contributed by atoms with Crippen LogP contribution in [0.5, 0.6) is 0 Å². The van der Waals surface area contributed by atoms with Gasteiger partial charge in [-0.1, -0.05) is 43.1 Å². The normalized spacial score (nSPS) is 25.6. The summed E-state index contributed by atoms with van der Waals surface area (Å²) < 4.78 is 5.52. The zero-order valence-electron chi connectivity index (χ0n) is 17.2. The summed E-state index contributed by atoms with van der Waals surface area (Å²) in [4.78, 5) is 17.4. The van der Waals surface area contributed by atoms with Gasteiger partial charge in [0.15, 0.2) is 0 Å². The summed E-state index contributed by atoms with van der Waals surface area (Å²) in [6.45, 7) is 11.1. The maximum Gasteiger partial charge on any atom is 0.410 e. The molecule has 8 heteroatoms. The van der Waals surface area contributed by atoms with Crippen molar-refractivity contribution in [3.63, 3.8) is 0 Å². The van der Waals surface area contributed by atoms with Gasteiger partial charge < -0.3 is 9.64 Å². The fourth-order valence-corrected chi connectivity index (χ4v) is 4.42. The van der Waals surface area contributed by atoms with E-state index >= 15 is 0 Å². The fourth-order valence-electron chi connectivity index (χ4n) is 4.12. The number of nitrogens with zero attached hydrogens (tertiary/aromatic N) is 3. The van der Waals surface area contributed by atoms with Gasteiger partial charge >= 0.3 is 6.09 Å². The molecule has 0 radical (unpaired) electrons. The van der Waals surface area contributed by atoms with Crippen molar-refractivity contribution in [3.05, 3.63) is 33.8 Å². The molecule has 6 nitrogen and oxygen atoms in total. The van der Waals surface area contributed by atoms with E-state index in [1.165, 1.54) is 0 Å². The first kappa shape index (κ1) is 22.7. The molecule has 1 aliphatic carbocycles. The average molecular weight is 428 g/mol. The molecule has 2 aliphatic rings. The Morgan fingerprint density at radius 1 is 1.32 bits per heavy atom. The number of hydrogen-bond donors (Lipinski definition) is 1. The number of likely N-dealkylation sites (tertiary alicyclic amines) is 1. The Hall–Kier alpha value is -1.62. The number of fused-ring (bicyclic) bond motifs is 1. The van der Waals surface area contributed by atoms with Gasteiger partial charge in [-0.2, -0.15) is 0 Å². The molecule has 3 rings (SSSR count). The highest BCUT2D eigenvalue weighted by Gasteiger charge is 2.71. The topological polar surface area (TPSA) is 79.8 Å². The second-order valence-corrected chi connectivity index (χ2v) is 9.03. The fraction of sp³-hybridized carbons (Fsp3) is 0.650. The van der Waals surface area contributed by atoms with Gasteiger partial charge in [0.1, 0.15) is 22.8 Å². The molecule has 0 aromatic heterocycles. The van der Waals surface area contributed by atoms with Crippen LogP contribution in [0.25, 0.3) is 0 Å². The Morgan fingerprint density at radius 2 is 2.00 bits per heavy atom. The van der Waals surface area contributed by atoms with Crippen LogP contribution in [-0.2, 0) is 10.2 Å². The molecule has 1 heterocycles. The lowest BCUT2D eigenvalue weighted by atomic mass is 9.80. The van der Waals surface area contributed by atoms with Crippen LogP contribution in [0.1, 0.15) is 53.0 Å². The highest BCUT2D eigenvalue weighted by atomic mass is 35.5. The molecule has 1 N–H and O–H groups in total. The SMILES string of the molecule is CC.CC(C)(C)OC(=O)N1CCC2(c3ccc(Cl)c(Cl)c3)CC2(CN=[N+]=N)C1. The Bertz CT molecular complexity index is 789. The van der Waals surface area contributed by atoms with Crippen molar-refractivity contribution in [1.82, 2.24) is 9.81 Å². The minimum atomic E-state index is -0.535. The largest absolute Gasteiger partial charge is 0.444 e. The maximum atomic E-state index is 12.5. The van der Waals surface area contributed by atoms with Crippen LogP contribution >= 0.6 is 23.2 Å². The van der Waals surface area contributed by atoms with Gasteiger partial charge in [-0.25, -0.2) is 4.79 Å². The zero-order chi connectivity index (χ0) is 21.2. The Morgan fingerprint density at radius 3 is 2.57 bits per heavy atom. The van der Waals surface area contributed by atoms with Crippen LogP contribution in [0.3, 0.4) is 0 Å². The molecule has 154 valence electrons. The van der Waals surface area contributed by atoms with Crippen molar-refractivity contribution in [2.24, 2.45) is 10.5 Å². The van der Waals surface area contributed by atoms with E-state index in [4.69, 9.17) is 33.5 Å². The minimum absolute atomic E-state index is 0.117. The molecule has 0 spiro atoms. The van der Waals surface area contributed by atoms with Crippen molar-refractivity contribution in [2.75, 3.05) is 19.6 Å². The van der Waals surface area contributed by atoms with E-state index < -0.39 is 5.60 Å². The van der Waals surface area contributed by atoms with Crippen molar-refractivity contribution in [2.45, 2.75) is 58.5 Å². The molecular formula is C20H29Cl2N4O2+. The number of carbonyl (C=O) groups is 1. The molecule has 1 aromatic rings. The van der Waals surface area contributed by atoms with Gasteiger partial charge in [-0.3, -0.25) is 0 Å². The molecule has 1 saturated heterocycles. The van der Waals surface area contributed by atoms with Crippen LogP contribution < -0.4 is 4.91 Å². The second-order valence-electron chi connectivity index (χ2n) is 8.22. The van der Waals surface area contributed by atoms with E-state index in [0.717, 1.165) is 18.4 Å². The number of halogens is 2. The third-order valence-corrected chi connectivity index (χ3v) is 6.14. The monoisotopic (exact) mass is 427 g/mol. The first-order valence-electron chi connectivity index (χ1n) is 9.59. The van der Waals surface area contributed by atoms with Crippen LogP contribution in [0, 0.1) is 10.9 Å². The molecule has 0 bridgehead atoms. The predicted octanol–water partition coefficient (Wildman–Crippen LogP) is 5.84. The Balaban J connectivity index is 0.00000136. The van der Waals surface area contributed by atoms with E-state index in [9.17, 15) is 4.79 Å². The van der Waals surface area contributed by atoms with E-state index in [1.54, 1.807) is 4.90 Å². The number of amides is 1. The van der Waals surface area contributed by atoms with Gasteiger partial charge in [-0.15, -0.1) is 0 Å². The summed E-state index contributed by atoms with van der Waals surface area (Å²) in [6.07, 6.45) is 1.35. The molecule has 2 fully saturated rings. The highest BCUT2D eigenvalue weighted by Crippen LogP contribution is 2.69. The van der Waals surface area contributed by atoms with E-state index in [-0.39, 0.29) is 16.9 Å². The van der Waals surface area contributed by atoms with Crippen molar-refractivity contribution >= 4 is 29.3 Å². The van der Waals surface area contributed by atoms with Crippen LogP contribution in [0.2, 0.25) is 10.0 Å². The minimum Gasteiger partial charge on any atom is -0.444 e. The van der Waals surface area contributed by atoms with E-state index in [0.29, 0.717) is 29.7 Å². The number of carbonyl (C=O) groups excluding carboxylic acids is 1. The second kappa shape index (κ2) is 8.40. The highest BCUT2D eigenvalue weighted by molar-refractivity contribution is 6.42. The molecule has 1 aliphatic heterocycles. The number of benzene rings is 1. The lowest BCUT2D eigenvalue weighted by molar-refractivity contribution is 0.0144. The first-order valence-corrected chi connectivity index (χ1v) is 10.3. The van der Waals surface area contributed by atoms with Gasteiger partial charge in [-0.05, 0) is 51.3 Å². The van der Waals surface area contributed by atoms with Gasteiger partial charge in [0.2, 0.25) is 4.91 Å². The molecule has 28 heavy (non-hydrogen) atoms. The number of hydrogen-bond acceptors (Lipinski definition) is 4. The average Bonchev–Trinajstić information content (AvgIpc) is 3.32. The van der Waals surface area contributed by atoms with E-state index in [1.807, 2.05) is 52.8 Å². The summed E-state index contributed by atoms with van der Waals surface area (Å²) in [6, 6.07) is 5.72. The summed E-state index contributed by atoms with van der Waals surface area (Å²) >= 11 is 12.3. The van der Waals surface area contributed by atoms with Gasteiger partial charge in [0, 0.05) is 23.9 Å². The number of piperidine rings is 1. The van der Waals surface area contributed by atoms with Crippen molar-refractivity contribution < 1.29 is 9.53 Å². The lowest BCUT2D eigenvalue weighted by Gasteiger charge is -2.37. The standard InChI is InChI=1S/C18H23Cl2N4O2.C2H6/c1-16(2,3)26-15(25)24-7-6-18(9-17(18,11-24)10-22-23-21)12-4-5-13(19)14(20)8-12;1-2/h4-5,8,21H,6-7,9-11H2,1-3H3;1-2H3/q+1;. The Labute approximate surface area is 176 Å². The molecule has 1 saturated carbocycles. The predicted molar refractivity (Wildman–Crippen MR) is 111 cm³/mol. The summed E-state index contributed by atoms with van der Waals surface area (Å²) in [7, 11) is 0. The Kier molecular flexibility index (Phi) is 6.80. The number of rotatable bonds is 3. The van der Waals surface area contributed by atoms with Gasteiger partial charge in [0.05, 0.1) is 10.0 Å². The molecule has 2 atom stereocenters. The van der Waals surface area contributed by atoms with Crippen LogP contribution in [0.15, 0.2) is 23.3 Å². The number of ether oxygens (including phenoxy) is 1. The van der Waals surface area contributed by atoms with Crippen molar-refractivity contribution in [1.29, 1.82) is 5.53 Å². The molecule has 1 amide bonds. The van der Waals surface area contributed by atoms with E-state index in [2.05, 4.69) is 10.0 Å². The zero-order valence-corrected chi connectivity index (χ0v) is 18.7. The molecule has 1 aromatic carbocycles. The summed E-state index contributed by atoms with van der Waals surface area (Å²) in [5.41, 5.74) is 7.23. The number of nitrogens with one attached hydrogen (secondary N) is 1. The lowest BCUT2D eigenvalue weighted by Crippen LogP contribution is -2.47. The van der Waals surface area contributed by atoms with Gasteiger partial charge in [0.25, 0.3) is 0 Å². The third kappa shape index (κ3) is 4.35. The van der Waals surface area contributed by atoms with Crippen molar-refractivity contribution in [3.8, 4) is 0 Å². The third-order valence-electron chi connectivity index (χ3n) is 5.40. The summed E-state index contributed by atoms with van der Waals surface area (Å²) in [5.74, 6) is 0. The molecule has 2 unspecified atom stereocenters. The molecular weight excluding hydrogens is 399 g/mol. The maximum absolute atomic E-state index is 12.5. The van der Waals surface area contributed by atoms with Crippen LogP contribution in [0.4, 0.5) is 4.79 Å². The smallest absolute Gasteiger partial charge is 0.410 e. The quantitative estimate of drug-likeness (QED) is 0.485. The first-order chi connectivity index (χ1) is 13.1. The van der Waals surface area contributed by atoms with Crippen LogP contribution in [-0.4, -0.2) is 36.2 Å². The summed E-state index contributed by atoms with van der Waals surface area (Å²) in [5, 5.41) is 4.99.